The van der Waals surface area contributed by atoms with Crippen molar-refractivity contribution in [2.75, 3.05) is 98.4 Å². The molecule has 106 heavy (non-hydrogen) atoms. The number of phenolic OH excluding ortho intramolecular Hbond substituents is 1. The number of nitrogens with zero attached hydrogens (tertiary/aromatic N) is 1. The topological polar surface area (TPSA) is 508 Å². The molecule has 1 rings (SSSR count). The number of nitrogens with one attached hydrogen (secondary N) is 7. The third kappa shape index (κ3) is 52.7. The molecule has 5 amide bonds. The van der Waals surface area contributed by atoms with Crippen LogP contribution in [0.5, 0.6) is 5.75 Å². The molecule has 0 aliphatic heterocycles. The second-order valence-corrected chi connectivity index (χ2v) is 29.0. The molecule has 1 aromatic rings. The van der Waals surface area contributed by atoms with Crippen LogP contribution in [0.25, 0.3) is 0 Å². The lowest BCUT2D eigenvalue weighted by Gasteiger charge is -2.29. The Hall–Kier alpha value is -7.24. The zero-order valence-electron chi connectivity index (χ0n) is 62.9. The number of hydrogen-bond acceptors (Lipinski definition) is 23. The van der Waals surface area contributed by atoms with Gasteiger partial charge in [0.15, 0.2) is 23.1 Å². The highest BCUT2D eigenvalue weighted by Gasteiger charge is 2.32. The summed E-state index contributed by atoms with van der Waals surface area (Å²) in [6, 6.07) is 0.474. The average Bonchev–Trinajstić information content (AvgIpc) is 1.90. The van der Waals surface area contributed by atoms with Gasteiger partial charge in [-0.3, -0.25) is 72.9 Å². The average molecular weight is 1530 g/mol. The lowest BCUT2D eigenvalue weighted by molar-refractivity contribution is -0.142. The summed E-state index contributed by atoms with van der Waals surface area (Å²) < 4.78 is 52.0. The van der Waals surface area contributed by atoms with E-state index in [0.717, 1.165) is 70.6 Å². The number of aromatic hydroxyl groups is 1. The number of hydrogen-bond donors (Lipinski definition) is 13. The first-order valence-corrected chi connectivity index (χ1v) is 39.0. The first-order chi connectivity index (χ1) is 50.4. The number of amidine groups is 1. The maximum Gasteiger partial charge on any atom is 0.326 e. The fourth-order valence-corrected chi connectivity index (χ4v) is 11.9. The molecule has 0 bridgehead atoms. The Morgan fingerprint density at radius 1 is 0.509 bits per heavy atom. The molecule has 0 aromatic heterocycles. The van der Waals surface area contributed by atoms with Crippen molar-refractivity contribution in [3.8, 4) is 5.75 Å². The standard InChI is InChI=1S/C73H124N10O22S/c1-52(2)43-58(86)47-79-59(64(88)48-80-61(73(97)98)46-69(92)81-53(3)65(89)49-83(4)62(25-17-18-26-66(74)75)63(87)45-55(71(76)94)44-54-28-30-56(84)31-29-54)24-19-20-34-77-70(93)51-105-41-38-102-36-22-23-57(85)50-104-40-39-103-37-35-78-67(90)33-32-60(72(95)96)82-68(91)27-16-14-12-10-8-6-5-7-9-11-13-15-21-42-106(99,100)101/h28-31,52-53,55,59-62,79-80,84H,5-27,32-51H2,1-4H3,(H3,74,75)(H2,76,94)(H,77,93)(H,78,90)(H,81,92)(H,82,91)(H,95,96)(H,97,98)(H,99,100,101)/t53-,55+,59-,60-,61+,62-/m0/s1. The van der Waals surface area contributed by atoms with Crippen LogP contribution in [0.15, 0.2) is 24.3 Å². The van der Waals surface area contributed by atoms with Gasteiger partial charge in [0.05, 0.1) is 88.8 Å². The molecule has 0 aliphatic carbocycles. The number of Topliss-reactive ketones (excluding diaryl/α,β-unsaturated/α-hetero) is 5. The maximum atomic E-state index is 13.8. The van der Waals surface area contributed by atoms with Gasteiger partial charge in [-0.15, -0.1) is 0 Å². The summed E-state index contributed by atoms with van der Waals surface area (Å²) in [6.07, 6.45) is 15.1. The molecule has 0 aliphatic rings. The number of amides is 5. The van der Waals surface area contributed by atoms with Gasteiger partial charge in [0.2, 0.25) is 29.5 Å². The first kappa shape index (κ1) is 96.8. The Bertz CT molecular complexity index is 2920. The van der Waals surface area contributed by atoms with Gasteiger partial charge >= 0.3 is 11.9 Å². The largest absolute Gasteiger partial charge is 0.508 e. The van der Waals surface area contributed by atoms with Crippen LogP contribution in [0.2, 0.25) is 0 Å². The molecule has 6 atom stereocenters. The van der Waals surface area contributed by atoms with Crippen LogP contribution in [-0.2, 0) is 93.0 Å². The van der Waals surface area contributed by atoms with Crippen molar-refractivity contribution in [2.24, 2.45) is 23.3 Å². The third-order valence-corrected chi connectivity index (χ3v) is 18.1. The van der Waals surface area contributed by atoms with Crippen LogP contribution in [0.1, 0.15) is 206 Å². The van der Waals surface area contributed by atoms with E-state index in [1.165, 1.54) is 24.0 Å². The quantitative estimate of drug-likeness (QED) is 0.0190. The highest BCUT2D eigenvalue weighted by Crippen LogP contribution is 2.21. The van der Waals surface area contributed by atoms with Crippen LogP contribution < -0.4 is 43.4 Å². The van der Waals surface area contributed by atoms with Crippen LogP contribution in [0.3, 0.4) is 0 Å². The fraction of sp³-hybridized carbons (Fsp3) is 0.740. The van der Waals surface area contributed by atoms with Crippen molar-refractivity contribution < 1.29 is 105 Å². The zero-order valence-corrected chi connectivity index (χ0v) is 63.7. The molecule has 0 saturated heterocycles. The minimum absolute atomic E-state index is 0.0240. The molecule has 0 fully saturated rings. The molecule has 604 valence electrons. The van der Waals surface area contributed by atoms with Gasteiger partial charge in [-0.2, -0.15) is 8.42 Å². The Balaban J connectivity index is 2.36. The van der Waals surface area contributed by atoms with Gasteiger partial charge in [-0.25, -0.2) is 4.79 Å². The molecule has 32 nitrogen and oxygen atoms in total. The summed E-state index contributed by atoms with van der Waals surface area (Å²) in [6.45, 7) is 5.24. The maximum absolute atomic E-state index is 13.8. The molecular weight excluding hydrogens is 1400 g/mol. The van der Waals surface area contributed by atoms with Crippen molar-refractivity contribution in [1.29, 1.82) is 5.41 Å². The summed E-state index contributed by atoms with van der Waals surface area (Å²) in [5.74, 6) is -8.01. The molecule has 0 radical (unpaired) electrons. The molecule has 15 N–H and O–H groups in total. The number of benzene rings is 1. The number of rotatable bonds is 71. The second-order valence-electron chi connectivity index (χ2n) is 27.4. The number of carbonyl (C=O) groups excluding carboxylic acids is 10. The molecule has 0 unspecified atom stereocenters. The lowest BCUT2D eigenvalue weighted by Crippen LogP contribution is -2.50. The number of nitrogens with two attached hydrogens (primary N) is 2. The van der Waals surface area contributed by atoms with Gasteiger partial charge in [0.25, 0.3) is 10.1 Å². The van der Waals surface area contributed by atoms with Crippen molar-refractivity contribution in [2.45, 2.75) is 237 Å². The van der Waals surface area contributed by atoms with E-state index in [1.807, 2.05) is 13.8 Å². The molecular formula is C73H124N10O22S. The Labute approximate surface area is 625 Å². The highest BCUT2D eigenvalue weighted by molar-refractivity contribution is 7.85. The molecule has 0 spiro atoms. The fourth-order valence-electron chi connectivity index (χ4n) is 11.3. The van der Waals surface area contributed by atoms with Crippen molar-refractivity contribution in [3.05, 3.63) is 29.8 Å². The first-order valence-electron chi connectivity index (χ1n) is 37.4. The number of ketones is 5. The van der Waals surface area contributed by atoms with Gasteiger partial charge in [0, 0.05) is 64.1 Å². The number of likely N-dealkylation sites (N-methyl/N-ethyl adjacent to an activating group) is 1. The molecule has 0 saturated carbocycles. The monoisotopic (exact) mass is 1520 g/mol. The number of unbranched alkanes of at least 4 members (excludes halogenated alkanes) is 14. The van der Waals surface area contributed by atoms with E-state index in [4.69, 9.17) is 40.4 Å². The van der Waals surface area contributed by atoms with E-state index in [1.54, 1.807) is 19.2 Å². The molecule has 0 heterocycles. The van der Waals surface area contributed by atoms with Crippen LogP contribution in [-0.4, -0.2) is 238 Å². The van der Waals surface area contributed by atoms with E-state index in [2.05, 4.69) is 31.9 Å². The zero-order chi connectivity index (χ0) is 79.1. The van der Waals surface area contributed by atoms with E-state index in [0.29, 0.717) is 50.5 Å². The lowest BCUT2D eigenvalue weighted by atomic mass is 9.89. The Morgan fingerprint density at radius 3 is 1.66 bits per heavy atom. The summed E-state index contributed by atoms with van der Waals surface area (Å²) in [7, 11) is -2.33. The van der Waals surface area contributed by atoms with E-state index in [-0.39, 0.29) is 190 Å². The minimum atomic E-state index is -3.87. The Kier molecular flexibility index (Phi) is 53.7. The summed E-state index contributed by atoms with van der Waals surface area (Å²) in [5, 5.41) is 52.9. The second kappa shape index (κ2) is 58.8. The van der Waals surface area contributed by atoms with Gasteiger partial charge < -0.3 is 72.3 Å². The van der Waals surface area contributed by atoms with Gasteiger partial charge in [-0.1, -0.05) is 103 Å². The summed E-state index contributed by atoms with van der Waals surface area (Å²) in [5.41, 5.74) is 11.9. The van der Waals surface area contributed by atoms with Crippen molar-refractivity contribution in [1.82, 2.24) is 36.8 Å². The minimum Gasteiger partial charge on any atom is -0.508 e. The predicted octanol–water partition coefficient (Wildman–Crippen LogP) is 3.96. The summed E-state index contributed by atoms with van der Waals surface area (Å²) >= 11 is 0. The van der Waals surface area contributed by atoms with Crippen LogP contribution in [0.4, 0.5) is 0 Å². The van der Waals surface area contributed by atoms with Crippen LogP contribution in [0, 0.1) is 17.2 Å². The number of primary amides is 1. The van der Waals surface area contributed by atoms with Crippen molar-refractivity contribution >= 4 is 86.3 Å². The van der Waals surface area contributed by atoms with E-state index in [9.17, 15) is 81.3 Å². The van der Waals surface area contributed by atoms with Crippen molar-refractivity contribution in [3.63, 3.8) is 0 Å². The normalized spacial score (nSPS) is 13.2. The summed E-state index contributed by atoms with van der Waals surface area (Å²) in [4.78, 5) is 154. The highest BCUT2D eigenvalue weighted by atomic mass is 32.2. The molecule has 1 aromatic carbocycles. The molecule has 33 heteroatoms. The smallest absolute Gasteiger partial charge is 0.326 e. The van der Waals surface area contributed by atoms with E-state index < -0.39 is 106 Å². The van der Waals surface area contributed by atoms with E-state index >= 15 is 0 Å². The third-order valence-electron chi connectivity index (χ3n) is 17.3. The predicted molar refractivity (Wildman–Crippen MR) is 396 cm³/mol. The number of carbonyl (C=O) groups is 12. The number of aliphatic carboxylic acids is 2. The number of ether oxygens (including phenoxy) is 4. The van der Waals surface area contributed by atoms with Gasteiger partial charge in [-0.05, 0) is 102 Å². The SMILES string of the molecule is CC(C)CC(=O)CN[C@@H](CCCCNC(=O)COCCOCCCC(=O)COCCOCCNC(=O)CC[C@H](NC(=O)CCCCCCCCCCCCCCCS(=O)(=O)O)C(=O)O)C(=O)CN[C@H](CC(=O)N[C@@H](C)C(=O)CN(C)[C@@H](CCCCC(=N)N)C(=O)C[C@@H](Cc1ccc(O)cc1)C(N)=O)C(=O)O. The van der Waals surface area contributed by atoms with Gasteiger partial charge in [0.1, 0.15) is 36.8 Å². The number of phenols is 1. The Morgan fingerprint density at radius 2 is 1.07 bits per heavy atom. The number of carboxylic acids is 2. The number of carboxylic acid groups (broad SMARTS) is 2. The van der Waals surface area contributed by atoms with Crippen LogP contribution >= 0.6 is 0 Å².